The summed E-state index contributed by atoms with van der Waals surface area (Å²) >= 11 is 0. The highest BCUT2D eigenvalue weighted by atomic mass is 32.2. The Morgan fingerprint density at radius 1 is 0.857 bits per heavy atom. The van der Waals surface area contributed by atoms with Crippen LogP contribution in [0.25, 0.3) is 0 Å². The van der Waals surface area contributed by atoms with Gasteiger partial charge in [-0.15, -0.1) is 0 Å². The smallest absolute Gasteiger partial charge is 0.357 e. The Morgan fingerprint density at radius 2 is 1.38 bits per heavy atom. The van der Waals surface area contributed by atoms with E-state index >= 15 is 0 Å². The lowest BCUT2D eigenvalue weighted by Crippen LogP contribution is -2.15. The minimum Gasteiger partial charge on any atom is -0.371 e. The van der Waals surface area contributed by atoms with E-state index < -0.39 is 50.0 Å². The molecule has 0 aliphatic rings. The zero-order valence-electron chi connectivity index (χ0n) is 9.78. The zero-order valence-corrected chi connectivity index (χ0v) is 10.6. The lowest BCUT2D eigenvalue weighted by molar-refractivity contribution is 0.346. The predicted molar refractivity (Wildman–Crippen MR) is 58.3 cm³/mol. The number of hydrogen-bond acceptors (Lipinski definition) is 4. The molecule has 0 bridgehead atoms. The molecule has 0 spiro atoms. The van der Waals surface area contributed by atoms with E-state index in [1.807, 2.05) is 0 Å². The SMILES string of the molecule is O=S(=O)(Oc1c(F)c(F)c(F)c(F)c1F)c1ccccn1. The fourth-order valence-electron chi connectivity index (χ4n) is 1.31. The number of nitrogens with zero attached hydrogens (tertiary/aromatic N) is 1. The van der Waals surface area contributed by atoms with Gasteiger partial charge in [0.15, 0.2) is 5.03 Å². The van der Waals surface area contributed by atoms with Crippen LogP contribution >= 0.6 is 0 Å². The van der Waals surface area contributed by atoms with Gasteiger partial charge in [0.1, 0.15) is 0 Å². The normalized spacial score (nSPS) is 11.5. The van der Waals surface area contributed by atoms with E-state index in [9.17, 15) is 30.4 Å². The molecular formula is C11H4F5NO3S. The highest BCUT2D eigenvalue weighted by Crippen LogP contribution is 2.30. The summed E-state index contributed by atoms with van der Waals surface area (Å²) in [4.78, 5) is 3.35. The number of hydrogen-bond donors (Lipinski definition) is 0. The first-order valence-electron chi connectivity index (χ1n) is 5.12. The summed E-state index contributed by atoms with van der Waals surface area (Å²) in [7, 11) is -4.85. The second kappa shape index (κ2) is 5.28. The van der Waals surface area contributed by atoms with E-state index in [2.05, 4.69) is 9.17 Å². The van der Waals surface area contributed by atoms with Crippen molar-refractivity contribution >= 4 is 10.1 Å². The molecule has 0 radical (unpaired) electrons. The molecule has 1 heterocycles. The second-order valence-electron chi connectivity index (χ2n) is 3.60. The van der Waals surface area contributed by atoms with Crippen LogP contribution in [-0.4, -0.2) is 13.4 Å². The highest BCUT2D eigenvalue weighted by molar-refractivity contribution is 7.87. The van der Waals surface area contributed by atoms with Gasteiger partial charge >= 0.3 is 10.1 Å². The minimum atomic E-state index is -4.85. The summed E-state index contributed by atoms with van der Waals surface area (Å²) in [5, 5.41) is -0.756. The molecule has 0 unspecified atom stereocenters. The van der Waals surface area contributed by atoms with Crippen LogP contribution in [0.2, 0.25) is 0 Å². The molecule has 112 valence electrons. The standard InChI is InChI=1S/C11H4F5NO3S/c12-6-7(13)9(15)11(10(16)8(6)14)20-21(18,19)5-3-1-2-4-17-5/h1-4H. The molecule has 0 amide bonds. The Morgan fingerprint density at radius 3 is 1.86 bits per heavy atom. The van der Waals surface area contributed by atoms with Crippen molar-refractivity contribution in [1.82, 2.24) is 4.98 Å². The first-order chi connectivity index (χ1) is 9.75. The predicted octanol–water partition coefficient (Wildman–Crippen LogP) is 2.54. The molecular weight excluding hydrogens is 321 g/mol. The second-order valence-corrected chi connectivity index (χ2v) is 5.10. The fraction of sp³-hybridized carbons (Fsp3) is 0. The maximum Gasteiger partial charge on any atom is 0.357 e. The Kier molecular flexibility index (Phi) is 3.81. The zero-order chi connectivity index (χ0) is 15.8. The van der Waals surface area contributed by atoms with Crippen molar-refractivity contribution in [1.29, 1.82) is 0 Å². The van der Waals surface area contributed by atoms with Crippen LogP contribution in [0.3, 0.4) is 0 Å². The van der Waals surface area contributed by atoms with Gasteiger partial charge in [-0.25, -0.2) is 18.2 Å². The third-order valence-electron chi connectivity index (χ3n) is 2.26. The van der Waals surface area contributed by atoms with Gasteiger partial charge in [-0.3, -0.25) is 0 Å². The molecule has 0 atom stereocenters. The van der Waals surface area contributed by atoms with Crippen molar-refractivity contribution in [3.8, 4) is 5.75 Å². The third kappa shape index (κ3) is 2.66. The van der Waals surface area contributed by atoms with Crippen molar-refractivity contribution < 1.29 is 34.6 Å². The molecule has 0 aliphatic carbocycles. The molecule has 0 N–H and O–H groups in total. The van der Waals surface area contributed by atoms with Gasteiger partial charge in [-0.05, 0) is 12.1 Å². The first kappa shape index (κ1) is 15.2. The number of benzene rings is 1. The molecule has 0 saturated carbocycles. The van der Waals surface area contributed by atoms with Crippen LogP contribution in [0.15, 0.2) is 29.4 Å². The summed E-state index contributed by atoms with van der Waals surface area (Å²) < 4.78 is 92.6. The van der Waals surface area contributed by atoms with E-state index in [1.165, 1.54) is 12.1 Å². The van der Waals surface area contributed by atoms with Gasteiger partial charge in [-0.2, -0.15) is 17.2 Å². The van der Waals surface area contributed by atoms with Gasteiger partial charge in [0.05, 0.1) is 0 Å². The number of aromatic nitrogens is 1. The van der Waals surface area contributed by atoms with Gasteiger partial charge in [-0.1, -0.05) is 6.07 Å². The van der Waals surface area contributed by atoms with Gasteiger partial charge < -0.3 is 4.18 Å². The molecule has 0 aliphatic heterocycles. The topological polar surface area (TPSA) is 56.3 Å². The van der Waals surface area contributed by atoms with E-state index in [1.54, 1.807) is 0 Å². The largest absolute Gasteiger partial charge is 0.371 e. The quantitative estimate of drug-likeness (QED) is 0.377. The maximum atomic E-state index is 13.3. The molecule has 1 aromatic carbocycles. The van der Waals surface area contributed by atoms with E-state index in [0.29, 0.717) is 0 Å². The molecule has 4 nitrogen and oxygen atoms in total. The summed E-state index contributed by atoms with van der Waals surface area (Å²) in [6, 6.07) is 3.49. The van der Waals surface area contributed by atoms with Crippen LogP contribution in [0.4, 0.5) is 22.0 Å². The minimum absolute atomic E-state index is 0.756. The monoisotopic (exact) mass is 325 g/mol. The Balaban J connectivity index is 2.55. The highest BCUT2D eigenvalue weighted by Gasteiger charge is 2.31. The lowest BCUT2D eigenvalue weighted by atomic mass is 10.3. The van der Waals surface area contributed by atoms with Crippen LogP contribution in [0, 0.1) is 29.1 Å². The van der Waals surface area contributed by atoms with Crippen molar-refractivity contribution in [2.45, 2.75) is 5.03 Å². The van der Waals surface area contributed by atoms with E-state index in [0.717, 1.165) is 12.3 Å². The summed E-state index contributed by atoms with van der Waals surface area (Å²) in [5.74, 6) is -13.8. The Bertz CT molecular complexity index is 766. The fourth-order valence-corrected chi connectivity index (χ4v) is 2.19. The molecule has 2 rings (SSSR count). The van der Waals surface area contributed by atoms with Crippen LogP contribution < -0.4 is 4.18 Å². The van der Waals surface area contributed by atoms with E-state index in [4.69, 9.17) is 0 Å². The lowest BCUT2D eigenvalue weighted by Gasteiger charge is -2.09. The number of rotatable bonds is 3. The van der Waals surface area contributed by atoms with Gasteiger partial charge in [0.25, 0.3) is 0 Å². The summed E-state index contributed by atoms with van der Waals surface area (Å²) in [6.45, 7) is 0. The number of pyridine rings is 1. The Labute approximate surface area is 114 Å². The average molecular weight is 325 g/mol. The van der Waals surface area contributed by atoms with Gasteiger partial charge in [0.2, 0.25) is 34.8 Å². The molecule has 10 heteroatoms. The molecule has 0 saturated heterocycles. The molecule has 21 heavy (non-hydrogen) atoms. The van der Waals surface area contributed by atoms with Crippen LogP contribution in [0.1, 0.15) is 0 Å². The van der Waals surface area contributed by atoms with Crippen molar-refractivity contribution in [2.75, 3.05) is 0 Å². The molecule has 0 fully saturated rings. The first-order valence-corrected chi connectivity index (χ1v) is 6.53. The van der Waals surface area contributed by atoms with E-state index in [-0.39, 0.29) is 0 Å². The van der Waals surface area contributed by atoms with Crippen molar-refractivity contribution in [3.63, 3.8) is 0 Å². The molecule has 2 aromatic rings. The Hall–Kier alpha value is -2.23. The maximum absolute atomic E-state index is 13.3. The number of halogens is 5. The summed E-state index contributed by atoms with van der Waals surface area (Å²) in [5.41, 5.74) is 0. The van der Waals surface area contributed by atoms with Crippen LogP contribution in [-0.2, 0) is 10.1 Å². The summed E-state index contributed by atoms with van der Waals surface area (Å²) in [6.07, 6.45) is 1.04. The van der Waals surface area contributed by atoms with Gasteiger partial charge in [0, 0.05) is 6.20 Å². The van der Waals surface area contributed by atoms with Crippen LogP contribution in [0.5, 0.6) is 5.75 Å². The van der Waals surface area contributed by atoms with Crippen molar-refractivity contribution in [3.05, 3.63) is 53.5 Å². The third-order valence-corrected chi connectivity index (χ3v) is 3.40. The van der Waals surface area contributed by atoms with Crippen molar-refractivity contribution in [2.24, 2.45) is 0 Å². The average Bonchev–Trinajstić information content (AvgIpc) is 2.48. The molecule has 1 aromatic heterocycles.